The standard InChI is InChI=1S/C27H19N3O6/c1-9-14-8-15(30-20(14)11(3)23(32)22(9)31)16-12-4-7-29-21(12)18(27(36)25(16)34)17-13-5-6-28-19(13)10(2)24(33)26(17)35/h4-8,28-30,34,36H,1-3H3. The highest BCUT2D eigenvalue weighted by molar-refractivity contribution is 6.64. The van der Waals surface area contributed by atoms with Crippen molar-refractivity contribution >= 4 is 56.3 Å². The highest BCUT2D eigenvalue weighted by Gasteiger charge is 2.33. The molecule has 0 aliphatic heterocycles. The lowest BCUT2D eigenvalue weighted by atomic mass is 9.87. The van der Waals surface area contributed by atoms with Gasteiger partial charge in [-0.3, -0.25) is 19.2 Å². The summed E-state index contributed by atoms with van der Waals surface area (Å²) in [6, 6.07) is 4.95. The molecule has 1 aromatic carbocycles. The molecule has 0 bridgehead atoms. The Bertz CT molecular complexity index is 1960. The molecule has 4 aromatic rings. The number of aromatic hydroxyl groups is 2. The van der Waals surface area contributed by atoms with Crippen molar-refractivity contribution in [2.75, 3.05) is 0 Å². The van der Waals surface area contributed by atoms with Gasteiger partial charge in [-0.25, -0.2) is 0 Å². The summed E-state index contributed by atoms with van der Waals surface area (Å²) in [4.78, 5) is 59.6. The summed E-state index contributed by atoms with van der Waals surface area (Å²) in [5.41, 5.74) is 1.71. The Morgan fingerprint density at radius 3 is 2.03 bits per heavy atom. The number of benzene rings is 1. The van der Waals surface area contributed by atoms with E-state index in [9.17, 15) is 29.4 Å². The first-order valence-electron chi connectivity index (χ1n) is 11.2. The molecule has 2 aliphatic rings. The summed E-state index contributed by atoms with van der Waals surface area (Å²) < 4.78 is 0. The molecule has 0 amide bonds. The second-order valence-corrected chi connectivity index (χ2v) is 9.02. The number of hydrogen-bond acceptors (Lipinski definition) is 6. The average molecular weight is 481 g/mol. The number of rotatable bonds is 2. The Kier molecular flexibility index (Phi) is 4.23. The molecule has 0 unspecified atom stereocenters. The third-order valence-corrected chi connectivity index (χ3v) is 7.13. The number of ketones is 4. The van der Waals surface area contributed by atoms with Gasteiger partial charge in [-0.05, 0) is 39.0 Å². The molecule has 9 heteroatoms. The molecule has 3 aromatic heterocycles. The predicted molar refractivity (Wildman–Crippen MR) is 130 cm³/mol. The van der Waals surface area contributed by atoms with Crippen LogP contribution in [0.25, 0.3) is 44.5 Å². The van der Waals surface area contributed by atoms with Crippen molar-refractivity contribution in [2.24, 2.45) is 0 Å². The molecule has 5 N–H and O–H groups in total. The fourth-order valence-corrected chi connectivity index (χ4v) is 5.20. The van der Waals surface area contributed by atoms with Crippen LogP contribution < -0.4 is 21.1 Å². The first-order chi connectivity index (χ1) is 17.1. The molecule has 0 saturated heterocycles. The Morgan fingerprint density at radius 1 is 0.667 bits per heavy atom. The van der Waals surface area contributed by atoms with E-state index in [0.29, 0.717) is 37.7 Å². The molecular weight excluding hydrogens is 462 g/mol. The van der Waals surface area contributed by atoms with Crippen molar-refractivity contribution in [1.29, 1.82) is 0 Å². The van der Waals surface area contributed by atoms with Gasteiger partial charge < -0.3 is 25.2 Å². The van der Waals surface area contributed by atoms with E-state index in [1.54, 1.807) is 51.4 Å². The molecule has 0 saturated carbocycles. The van der Waals surface area contributed by atoms with E-state index >= 15 is 0 Å². The summed E-state index contributed by atoms with van der Waals surface area (Å²) in [6.07, 6.45) is 3.19. The second kappa shape index (κ2) is 7.05. The molecule has 178 valence electrons. The Balaban J connectivity index is 1.74. The smallest absolute Gasteiger partial charge is 0.234 e. The summed E-state index contributed by atoms with van der Waals surface area (Å²) in [5, 5.41) is 24.8. The van der Waals surface area contributed by atoms with E-state index in [0.717, 1.165) is 0 Å². The number of Topliss-reactive ketones (excluding diaryl/α,β-unsaturated/α-hetero) is 4. The van der Waals surface area contributed by atoms with Crippen LogP contribution in [-0.4, -0.2) is 48.3 Å². The molecule has 2 aliphatic carbocycles. The fourth-order valence-electron chi connectivity index (χ4n) is 5.20. The van der Waals surface area contributed by atoms with Crippen molar-refractivity contribution in [3.8, 4) is 22.8 Å². The average Bonchev–Trinajstić information content (AvgIpc) is 3.62. The number of H-pyrrole nitrogens is 3. The number of phenols is 2. The Hall–Kier alpha value is -4.92. The van der Waals surface area contributed by atoms with Crippen molar-refractivity contribution in [2.45, 2.75) is 20.8 Å². The van der Waals surface area contributed by atoms with Crippen LogP contribution in [0, 0.1) is 0 Å². The van der Waals surface area contributed by atoms with Crippen LogP contribution in [0.3, 0.4) is 0 Å². The maximum absolute atomic E-state index is 13.1. The van der Waals surface area contributed by atoms with E-state index in [1.165, 1.54) is 0 Å². The minimum Gasteiger partial charge on any atom is -0.504 e. The van der Waals surface area contributed by atoms with E-state index in [4.69, 9.17) is 0 Å². The van der Waals surface area contributed by atoms with Crippen molar-refractivity contribution in [3.05, 3.63) is 57.3 Å². The highest BCUT2D eigenvalue weighted by atomic mass is 16.3. The molecule has 9 nitrogen and oxygen atoms in total. The SMILES string of the molecule is CC1=c2cc(-c3c(O)c(O)c(C4=c5cc[nH]c5=C(C)C(=O)C4=O)c4[nH]ccc34)[nH]c2=C(C)C(=O)C1=O. The number of aromatic amines is 3. The van der Waals surface area contributed by atoms with Gasteiger partial charge in [-0.1, -0.05) is 0 Å². The van der Waals surface area contributed by atoms with Gasteiger partial charge >= 0.3 is 0 Å². The van der Waals surface area contributed by atoms with Crippen LogP contribution in [0.2, 0.25) is 0 Å². The predicted octanol–water partition coefficient (Wildman–Crippen LogP) is -0.0833. The maximum atomic E-state index is 13.1. The number of carbonyl (C=O) groups is 4. The normalized spacial score (nSPS) is 15.9. The van der Waals surface area contributed by atoms with E-state index in [2.05, 4.69) is 15.0 Å². The number of nitrogens with one attached hydrogen (secondary N) is 3. The van der Waals surface area contributed by atoms with Gasteiger partial charge in [0, 0.05) is 50.5 Å². The largest absolute Gasteiger partial charge is 0.504 e. The van der Waals surface area contributed by atoms with Gasteiger partial charge in [0.2, 0.25) is 23.1 Å². The molecule has 0 atom stereocenters. The summed E-state index contributed by atoms with van der Waals surface area (Å²) in [7, 11) is 0. The lowest BCUT2D eigenvalue weighted by Crippen LogP contribution is -2.39. The van der Waals surface area contributed by atoms with Crippen molar-refractivity contribution < 1.29 is 29.4 Å². The van der Waals surface area contributed by atoms with Crippen LogP contribution >= 0.6 is 0 Å². The number of fused-ring (bicyclic) bond motifs is 3. The monoisotopic (exact) mass is 481 g/mol. The van der Waals surface area contributed by atoms with E-state index in [1.807, 2.05) is 0 Å². The van der Waals surface area contributed by atoms with Gasteiger partial charge in [0.05, 0.1) is 33.0 Å². The number of hydrogen-bond donors (Lipinski definition) is 5. The van der Waals surface area contributed by atoms with Crippen molar-refractivity contribution in [1.82, 2.24) is 15.0 Å². The molecule has 0 radical (unpaired) electrons. The number of phenolic OH excluding ortho intramolecular Hbond substituents is 2. The lowest BCUT2D eigenvalue weighted by molar-refractivity contribution is -0.130. The second-order valence-electron chi connectivity index (χ2n) is 9.02. The van der Waals surface area contributed by atoms with Crippen LogP contribution in [0.5, 0.6) is 11.5 Å². The minimum absolute atomic E-state index is 0.00936. The zero-order chi connectivity index (χ0) is 25.6. The lowest BCUT2D eigenvalue weighted by Gasteiger charge is -2.16. The molecule has 0 fully saturated rings. The zero-order valence-electron chi connectivity index (χ0n) is 19.4. The summed E-state index contributed by atoms with van der Waals surface area (Å²) in [5.74, 6) is -3.78. The highest BCUT2D eigenvalue weighted by Crippen LogP contribution is 2.46. The molecule has 6 rings (SSSR count). The zero-order valence-corrected chi connectivity index (χ0v) is 19.4. The topological polar surface area (TPSA) is 156 Å². The van der Waals surface area contributed by atoms with Crippen LogP contribution in [0.15, 0.2) is 30.6 Å². The van der Waals surface area contributed by atoms with E-state index < -0.39 is 34.6 Å². The van der Waals surface area contributed by atoms with Gasteiger partial charge in [0.25, 0.3) is 0 Å². The van der Waals surface area contributed by atoms with Gasteiger partial charge in [-0.2, -0.15) is 0 Å². The summed E-state index contributed by atoms with van der Waals surface area (Å²) in [6.45, 7) is 4.66. The van der Waals surface area contributed by atoms with Gasteiger partial charge in [-0.15, -0.1) is 0 Å². The van der Waals surface area contributed by atoms with Gasteiger partial charge in [0.1, 0.15) is 0 Å². The molecule has 36 heavy (non-hydrogen) atoms. The van der Waals surface area contributed by atoms with E-state index in [-0.39, 0.29) is 33.4 Å². The van der Waals surface area contributed by atoms with Crippen molar-refractivity contribution in [3.63, 3.8) is 0 Å². The quantitative estimate of drug-likeness (QED) is 0.199. The van der Waals surface area contributed by atoms with Crippen LogP contribution in [0.4, 0.5) is 0 Å². The number of carbonyl (C=O) groups excluding carboxylic acids is 4. The third kappa shape index (κ3) is 2.54. The molecule has 0 spiro atoms. The third-order valence-electron chi connectivity index (χ3n) is 7.13. The van der Waals surface area contributed by atoms with Gasteiger partial charge in [0.15, 0.2) is 11.5 Å². The van der Waals surface area contributed by atoms with Crippen LogP contribution in [0.1, 0.15) is 26.3 Å². The Morgan fingerprint density at radius 2 is 1.28 bits per heavy atom. The minimum atomic E-state index is -0.791. The first kappa shape index (κ1) is 21.6. The Labute approximate surface area is 201 Å². The molecule has 3 heterocycles. The van der Waals surface area contributed by atoms with Crippen LogP contribution in [-0.2, 0) is 19.2 Å². The number of aromatic nitrogens is 3. The summed E-state index contributed by atoms with van der Waals surface area (Å²) >= 11 is 0. The first-order valence-corrected chi connectivity index (χ1v) is 11.2. The fraction of sp³-hybridized carbons (Fsp3) is 0.111. The maximum Gasteiger partial charge on any atom is 0.234 e. The molecular formula is C27H19N3O6.